The standard InChI is InChI=1S/C15H20FNO/c1-10-8-11(6-7-14(10)16)15(18)13-5-3-2-4-12(13)9-17/h6-8,12-13H,2-5,9,17H2,1H3. The van der Waals surface area contributed by atoms with E-state index in [-0.39, 0.29) is 23.4 Å². The van der Waals surface area contributed by atoms with Gasteiger partial charge in [-0.2, -0.15) is 0 Å². The second kappa shape index (κ2) is 5.61. The smallest absolute Gasteiger partial charge is 0.166 e. The van der Waals surface area contributed by atoms with Gasteiger partial charge >= 0.3 is 0 Å². The van der Waals surface area contributed by atoms with E-state index < -0.39 is 0 Å². The minimum atomic E-state index is -0.259. The number of nitrogens with two attached hydrogens (primary N) is 1. The molecule has 1 aliphatic carbocycles. The molecule has 0 saturated heterocycles. The Labute approximate surface area is 107 Å². The van der Waals surface area contributed by atoms with Gasteiger partial charge in [-0.25, -0.2) is 4.39 Å². The van der Waals surface area contributed by atoms with Crippen LogP contribution in [0.4, 0.5) is 4.39 Å². The first-order valence-electron chi connectivity index (χ1n) is 6.64. The lowest BCUT2D eigenvalue weighted by Crippen LogP contribution is -2.32. The maximum Gasteiger partial charge on any atom is 0.166 e. The molecular weight excluding hydrogens is 229 g/mol. The van der Waals surface area contributed by atoms with Crippen molar-refractivity contribution < 1.29 is 9.18 Å². The van der Waals surface area contributed by atoms with Crippen LogP contribution in [0, 0.1) is 24.6 Å². The van der Waals surface area contributed by atoms with Crippen molar-refractivity contribution in [3.63, 3.8) is 0 Å². The first-order chi connectivity index (χ1) is 8.63. The van der Waals surface area contributed by atoms with Crippen LogP contribution in [0.2, 0.25) is 0 Å². The highest BCUT2D eigenvalue weighted by atomic mass is 19.1. The van der Waals surface area contributed by atoms with Gasteiger partial charge in [0.1, 0.15) is 5.82 Å². The van der Waals surface area contributed by atoms with Crippen LogP contribution < -0.4 is 5.73 Å². The van der Waals surface area contributed by atoms with Crippen LogP contribution in [0.25, 0.3) is 0 Å². The van der Waals surface area contributed by atoms with E-state index in [1.54, 1.807) is 19.1 Å². The summed E-state index contributed by atoms with van der Waals surface area (Å²) in [6.45, 7) is 2.25. The highest BCUT2D eigenvalue weighted by molar-refractivity contribution is 5.98. The van der Waals surface area contributed by atoms with Gasteiger partial charge in [0.15, 0.2) is 5.78 Å². The van der Waals surface area contributed by atoms with E-state index >= 15 is 0 Å². The summed E-state index contributed by atoms with van der Waals surface area (Å²) in [5.74, 6) is 0.184. The molecule has 1 aliphatic rings. The van der Waals surface area contributed by atoms with Crippen molar-refractivity contribution in [2.75, 3.05) is 6.54 Å². The fourth-order valence-electron chi connectivity index (χ4n) is 2.85. The van der Waals surface area contributed by atoms with Crippen LogP contribution in [0.1, 0.15) is 41.6 Å². The van der Waals surface area contributed by atoms with Gasteiger partial charge in [0.05, 0.1) is 0 Å². The van der Waals surface area contributed by atoms with E-state index in [9.17, 15) is 9.18 Å². The molecular formula is C15H20FNO. The van der Waals surface area contributed by atoms with E-state index in [0.717, 1.165) is 25.7 Å². The summed E-state index contributed by atoms with van der Waals surface area (Å²) in [7, 11) is 0. The number of Topliss-reactive ketones (excluding diaryl/α,β-unsaturated/α-hetero) is 1. The lowest BCUT2D eigenvalue weighted by Gasteiger charge is -2.29. The van der Waals surface area contributed by atoms with Crippen LogP contribution in [-0.4, -0.2) is 12.3 Å². The number of carbonyl (C=O) groups excluding carboxylic acids is 1. The topological polar surface area (TPSA) is 43.1 Å². The number of rotatable bonds is 3. The van der Waals surface area contributed by atoms with Crippen LogP contribution in [-0.2, 0) is 0 Å². The number of carbonyl (C=O) groups is 1. The second-order valence-electron chi connectivity index (χ2n) is 5.21. The highest BCUT2D eigenvalue weighted by Crippen LogP contribution is 2.32. The highest BCUT2D eigenvalue weighted by Gasteiger charge is 2.30. The average Bonchev–Trinajstić information content (AvgIpc) is 2.41. The molecule has 0 aliphatic heterocycles. The molecule has 2 unspecified atom stereocenters. The molecule has 1 saturated carbocycles. The van der Waals surface area contributed by atoms with E-state index in [1.165, 1.54) is 6.07 Å². The van der Waals surface area contributed by atoms with E-state index in [2.05, 4.69) is 0 Å². The average molecular weight is 249 g/mol. The Hall–Kier alpha value is -1.22. The Morgan fingerprint density at radius 2 is 2.11 bits per heavy atom. The van der Waals surface area contributed by atoms with E-state index in [4.69, 9.17) is 5.73 Å². The monoisotopic (exact) mass is 249 g/mol. The molecule has 2 N–H and O–H groups in total. The van der Waals surface area contributed by atoms with Gasteiger partial charge in [-0.05, 0) is 56.0 Å². The molecule has 1 fully saturated rings. The summed E-state index contributed by atoms with van der Waals surface area (Å²) in [5, 5.41) is 0. The lowest BCUT2D eigenvalue weighted by atomic mass is 9.75. The molecule has 18 heavy (non-hydrogen) atoms. The summed E-state index contributed by atoms with van der Waals surface area (Å²) in [6.07, 6.45) is 4.20. The number of halogens is 1. The minimum Gasteiger partial charge on any atom is -0.330 e. The Bertz CT molecular complexity index is 444. The molecule has 2 rings (SSSR count). The molecule has 3 heteroatoms. The van der Waals surface area contributed by atoms with Gasteiger partial charge in [-0.1, -0.05) is 12.8 Å². The van der Waals surface area contributed by atoms with Gasteiger partial charge in [-0.3, -0.25) is 4.79 Å². The van der Waals surface area contributed by atoms with Crippen LogP contribution in [0.15, 0.2) is 18.2 Å². The summed E-state index contributed by atoms with van der Waals surface area (Å²) < 4.78 is 13.2. The molecule has 98 valence electrons. The second-order valence-corrected chi connectivity index (χ2v) is 5.21. The molecule has 0 aromatic heterocycles. The maximum atomic E-state index is 13.2. The van der Waals surface area contributed by atoms with Gasteiger partial charge in [-0.15, -0.1) is 0 Å². The third-order valence-electron chi connectivity index (χ3n) is 3.99. The first-order valence-corrected chi connectivity index (χ1v) is 6.64. The SMILES string of the molecule is Cc1cc(C(=O)C2CCCCC2CN)ccc1F. The number of hydrogen-bond donors (Lipinski definition) is 1. The molecule has 1 aromatic rings. The Balaban J connectivity index is 2.21. The summed E-state index contributed by atoms with van der Waals surface area (Å²) in [5.41, 5.74) is 6.90. The number of aryl methyl sites for hydroxylation is 1. The maximum absolute atomic E-state index is 13.2. The zero-order valence-electron chi connectivity index (χ0n) is 10.8. The normalized spacial score (nSPS) is 23.9. The van der Waals surface area contributed by atoms with Crippen molar-refractivity contribution in [1.29, 1.82) is 0 Å². The van der Waals surface area contributed by atoms with Crippen molar-refractivity contribution in [2.24, 2.45) is 17.6 Å². The van der Waals surface area contributed by atoms with Crippen LogP contribution in [0.5, 0.6) is 0 Å². The number of ketones is 1. The predicted molar refractivity (Wildman–Crippen MR) is 70.0 cm³/mol. The van der Waals surface area contributed by atoms with Crippen molar-refractivity contribution in [2.45, 2.75) is 32.6 Å². The molecule has 2 nitrogen and oxygen atoms in total. The Morgan fingerprint density at radius 1 is 1.39 bits per heavy atom. The van der Waals surface area contributed by atoms with Crippen molar-refractivity contribution in [3.8, 4) is 0 Å². The van der Waals surface area contributed by atoms with Crippen molar-refractivity contribution >= 4 is 5.78 Å². The van der Waals surface area contributed by atoms with Crippen LogP contribution in [0.3, 0.4) is 0 Å². The third kappa shape index (κ3) is 2.61. The largest absolute Gasteiger partial charge is 0.330 e. The van der Waals surface area contributed by atoms with E-state index in [0.29, 0.717) is 17.7 Å². The molecule has 1 aromatic carbocycles. The summed E-state index contributed by atoms with van der Waals surface area (Å²) >= 11 is 0. The number of benzene rings is 1. The van der Waals surface area contributed by atoms with Crippen LogP contribution >= 0.6 is 0 Å². The van der Waals surface area contributed by atoms with Gasteiger partial charge < -0.3 is 5.73 Å². The quantitative estimate of drug-likeness (QED) is 0.836. The summed E-state index contributed by atoms with van der Waals surface area (Å²) in [6, 6.07) is 4.62. The minimum absolute atomic E-state index is 0.0219. The molecule has 0 bridgehead atoms. The molecule has 0 amide bonds. The molecule has 0 spiro atoms. The number of hydrogen-bond acceptors (Lipinski definition) is 2. The molecule has 0 heterocycles. The van der Waals surface area contributed by atoms with Crippen molar-refractivity contribution in [3.05, 3.63) is 35.1 Å². The predicted octanol–water partition coefficient (Wildman–Crippen LogP) is 3.08. The third-order valence-corrected chi connectivity index (χ3v) is 3.99. The van der Waals surface area contributed by atoms with Gasteiger partial charge in [0.2, 0.25) is 0 Å². The zero-order valence-corrected chi connectivity index (χ0v) is 10.8. The Kier molecular flexibility index (Phi) is 4.12. The van der Waals surface area contributed by atoms with Gasteiger partial charge in [0.25, 0.3) is 0 Å². The fourth-order valence-corrected chi connectivity index (χ4v) is 2.85. The first kappa shape index (κ1) is 13.2. The lowest BCUT2D eigenvalue weighted by molar-refractivity contribution is 0.0829. The zero-order chi connectivity index (χ0) is 13.1. The van der Waals surface area contributed by atoms with Gasteiger partial charge in [0, 0.05) is 11.5 Å². The fraction of sp³-hybridized carbons (Fsp3) is 0.533. The van der Waals surface area contributed by atoms with E-state index in [1.807, 2.05) is 0 Å². The molecule has 0 radical (unpaired) electrons. The molecule has 2 atom stereocenters. The summed E-state index contributed by atoms with van der Waals surface area (Å²) in [4.78, 5) is 12.5. The van der Waals surface area contributed by atoms with Crippen molar-refractivity contribution in [1.82, 2.24) is 0 Å². The Morgan fingerprint density at radius 3 is 2.78 bits per heavy atom.